The van der Waals surface area contributed by atoms with E-state index >= 15 is 0 Å². The molecular formula is C33H30ClNO4. The highest BCUT2D eigenvalue weighted by molar-refractivity contribution is 6.30. The van der Waals surface area contributed by atoms with Crippen LogP contribution < -0.4 is 10.5 Å². The van der Waals surface area contributed by atoms with E-state index in [1.54, 1.807) is 0 Å². The summed E-state index contributed by atoms with van der Waals surface area (Å²) in [6.07, 6.45) is 1.65. The number of fused-ring (bicyclic) bond motifs is 1. The van der Waals surface area contributed by atoms with Crippen molar-refractivity contribution < 1.29 is 19.4 Å². The fourth-order valence-electron chi connectivity index (χ4n) is 5.26. The second kappa shape index (κ2) is 11.3. The summed E-state index contributed by atoms with van der Waals surface area (Å²) in [5.74, 6) is -0.108. The summed E-state index contributed by atoms with van der Waals surface area (Å²) in [5, 5.41) is 10.9. The summed E-state index contributed by atoms with van der Waals surface area (Å²) in [6, 6.07) is 28.7. The Hall–Kier alpha value is -4.09. The molecule has 0 aromatic heterocycles. The fraction of sp³-hybridized carbons (Fsp3) is 0.212. The van der Waals surface area contributed by atoms with Gasteiger partial charge in [0.05, 0.1) is 5.41 Å². The maximum Gasteiger partial charge on any atom is 0.310 e. The maximum absolute atomic E-state index is 12.9. The van der Waals surface area contributed by atoms with Gasteiger partial charge in [-0.3, -0.25) is 9.59 Å². The Bertz CT molecular complexity index is 1500. The molecule has 3 N–H and O–H groups in total. The minimum atomic E-state index is -0.963. The van der Waals surface area contributed by atoms with Crippen LogP contribution in [0.25, 0.3) is 11.1 Å². The van der Waals surface area contributed by atoms with Crippen LogP contribution in [0.2, 0.25) is 5.02 Å². The molecule has 0 aliphatic heterocycles. The van der Waals surface area contributed by atoms with Gasteiger partial charge in [-0.15, -0.1) is 0 Å². The number of anilines is 1. The average molecular weight is 540 g/mol. The van der Waals surface area contributed by atoms with Gasteiger partial charge in [-0.05, 0) is 89.0 Å². The molecule has 0 saturated carbocycles. The minimum absolute atomic E-state index is 0.0295. The molecule has 39 heavy (non-hydrogen) atoms. The van der Waals surface area contributed by atoms with Gasteiger partial charge in [0.2, 0.25) is 0 Å². The number of hydrogen-bond donors (Lipinski definition) is 2. The number of carboxylic acid groups (broad SMARTS) is 1. The normalized spacial score (nSPS) is 16.0. The Morgan fingerprint density at radius 2 is 1.56 bits per heavy atom. The third-order valence-corrected chi connectivity index (χ3v) is 7.71. The summed E-state index contributed by atoms with van der Waals surface area (Å²) < 4.78 is 5.82. The van der Waals surface area contributed by atoms with Gasteiger partial charge in [-0.2, -0.15) is 0 Å². The highest BCUT2D eigenvalue weighted by atomic mass is 35.5. The largest absolute Gasteiger partial charge is 0.489 e. The SMILES string of the molecule is Nc1cccc(COc2ccc(CC(=O)CCC3(C(=O)O)Cc4ccc(-c5ccc(Cl)cc5)cc4C3)cc2)c1. The van der Waals surface area contributed by atoms with Crippen molar-refractivity contribution in [1.82, 2.24) is 0 Å². The smallest absolute Gasteiger partial charge is 0.310 e. The minimum Gasteiger partial charge on any atom is -0.489 e. The molecule has 0 spiro atoms. The number of benzene rings is 4. The maximum atomic E-state index is 12.9. The van der Waals surface area contributed by atoms with Crippen molar-refractivity contribution in [3.05, 3.63) is 118 Å². The first-order valence-electron chi connectivity index (χ1n) is 13.0. The summed E-state index contributed by atoms with van der Waals surface area (Å²) >= 11 is 6.02. The van der Waals surface area contributed by atoms with E-state index in [-0.39, 0.29) is 18.6 Å². The number of ether oxygens (including phenoxy) is 1. The lowest BCUT2D eigenvalue weighted by Gasteiger charge is -2.23. The van der Waals surface area contributed by atoms with Gasteiger partial charge in [-0.1, -0.05) is 66.2 Å². The number of ketones is 1. The molecule has 0 fully saturated rings. The zero-order chi connectivity index (χ0) is 27.4. The molecule has 4 aromatic carbocycles. The van der Waals surface area contributed by atoms with Crippen LogP contribution in [0.15, 0.2) is 91.0 Å². The van der Waals surface area contributed by atoms with Crippen molar-refractivity contribution in [2.45, 2.75) is 38.7 Å². The third kappa shape index (κ3) is 6.32. The number of hydrogen-bond acceptors (Lipinski definition) is 4. The molecule has 198 valence electrons. The Labute approximate surface area is 233 Å². The molecule has 5 rings (SSSR count). The number of nitrogens with two attached hydrogens (primary N) is 1. The number of carbonyl (C=O) groups is 2. The van der Waals surface area contributed by atoms with Crippen molar-refractivity contribution in [3.63, 3.8) is 0 Å². The van der Waals surface area contributed by atoms with Crippen LogP contribution in [0.4, 0.5) is 5.69 Å². The zero-order valence-corrected chi connectivity index (χ0v) is 22.3. The molecule has 1 atom stereocenters. The number of rotatable bonds is 10. The van der Waals surface area contributed by atoms with E-state index in [0.29, 0.717) is 42.3 Å². The zero-order valence-electron chi connectivity index (χ0n) is 21.5. The number of halogens is 1. The number of Topliss-reactive ketones (excluding diaryl/α,β-unsaturated/α-hetero) is 1. The van der Waals surface area contributed by atoms with Crippen LogP contribution in [0, 0.1) is 5.41 Å². The molecule has 1 aliphatic carbocycles. The molecule has 4 aromatic rings. The molecule has 1 unspecified atom stereocenters. The number of aliphatic carboxylic acids is 1. The van der Waals surface area contributed by atoms with Gasteiger partial charge in [0.1, 0.15) is 18.1 Å². The predicted molar refractivity (Wildman–Crippen MR) is 154 cm³/mol. The van der Waals surface area contributed by atoms with Gasteiger partial charge >= 0.3 is 5.97 Å². The number of nitrogen functional groups attached to an aromatic ring is 1. The Morgan fingerprint density at radius 3 is 2.28 bits per heavy atom. The Balaban J connectivity index is 1.17. The van der Waals surface area contributed by atoms with Crippen molar-refractivity contribution >= 4 is 29.0 Å². The first kappa shape index (κ1) is 26.5. The van der Waals surface area contributed by atoms with E-state index in [0.717, 1.165) is 33.4 Å². The lowest BCUT2D eigenvalue weighted by Crippen LogP contribution is -2.32. The van der Waals surface area contributed by atoms with E-state index in [9.17, 15) is 14.7 Å². The molecule has 0 heterocycles. The van der Waals surface area contributed by atoms with Gasteiger partial charge in [0.15, 0.2) is 0 Å². The Kier molecular flexibility index (Phi) is 7.71. The first-order valence-corrected chi connectivity index (χ1v) is 13.4. The molecule has 6 heteroatoms. The summed E-state index contributed by atoms with van der Waals surface area (Å²) in [6.45, 7) is 0.407. The molecule has 0 saturated heterocycles. The standard InChI is InChI=1S/C33H30ClNO4/c34-28-10-8-24(9-11-28)25-6-7-26-19-33(32(37)38,20-27(26)18-25)15-14-30(36)17-22-4-12-31(13-5-22)39-21-23-2-1-3-29(35)16-23/h1-13,16,18H,14-15,17,19-21,35H2,(H,37,38). The van der Waals surface area contributed by atoms with E-state index in [2.05, 4.69) is 6.07 Å². The molecule has 0 amide bonds. The molecule has 5 nitrogen and oxygen atoms in total. The lowest BCUT2D eigenvalue weighted by molar-refractivity contribution is -0.149. The lowest BCUT2D eigenvalue weighted by atomic mass is 9.79. The third-order valence-electron chi connectivity index (χ3n) is 7.46. The second-order valence-corrected chi connectivity index (χ2v) is 10.8. The molecule has 1 aliphatic rings. The molecular weight excluding hydrogens is 510 g/mol. The topological polar surface area (TPSA) is 89.6 Å². The van der Waals surface area contributed by atoms with Crippen LogP contribution in [0.3, 0.4) is 0 Å². The van der Waals surface area contributed by atoms with E-state index < -0.39 is 11.4 Å². The van der Waals surface area contributed by atoms with Crippen LogP contribution in [-0.2, 0) is 35.5 Å². The summed E-state index contributed by atoms with van der Waals surface area (Å²) in [4.78, 5) is 25.3. The van der Waals surface area contributed by atoms with Gasteiger partial charge in [0, 0.05) is 23.6 Å². The molecule has 0 radical (unpaired) electrons. The van der Waals surface area contributed by atoms with Crippen molar-refractivity contribution in [3.8, 4) is 16.9 Å². The number of carboxylic acids is 1. The van der Waals surface area contributed by atoms with Crippen LogP contribution in [-0.4, -0.2) is 16.9 Å². The fourth-order valence-corrected chi connectivity index (χ4v) is 5.39. The monoisotopic (exact) mass is 539 g/mol. The number of carbonyl (C=O) groups excluding carboxylic acids is 1. The van der Waals surface area contributed by atoms with E-state index in [1.165, 1.54) is 0 Å². The van der Waals surface area contributed by atoms with Gasteiger partial charge in [-0.25, -0.2) is 0 Å². The average Bonchev–Trinajstić information content (AvgIpc) is 3.32. The quantitative estimate of drug-likeness (QED) is 0.213. The van der Waals surface area contributed by atoms with E-state index in [4.69, 9.17) is 22.1 Å². The first-order chi connectivity index (χ1) is 18.8. The van der Waals surface area contributed by atoms with Crippen molar-refractivity contribution in [2.24, 2.45) is 5.41 Å². The van der Waals surface area contributed by atoms with Crippen molar-refractivity contribution in [2.75, 3.05) is 5.73 Å². The van der Waals surface area contributed by atoms with Crippen LogP contribution >= 0.6 is 11.6 Å². The van der Waals surface area contributed by atoms with Crippen LogP contribution in [0.5, 0.6) is 5.75 Å². The second-order valence-electron chi connectivity index (χ2n) is 10.3. The van der Waals surface area contributed by atoms with Crippen LogP contribution in [0.1, 0.15) is 35.1 Å². The van der Waals surface area contributed by atoms with Gasteiger partial charge < -0.3 is 15.6 Å². The summed E-state index contributed by atoms with van der Waals surface area (Å²) in [5.41, 5.74) is 11.5. The summed E-state index contributed by atoms with van der Waals surface area (Å²) in [7, 11) is 0. The highest BCUT2D eigenvalue weighted by Gasteiger charge is 2.44. The van der Waals surface area contributed by atoms with Crippen molar-refractivity contribution in [1.29, 1.82) is 0 Å². The predicted octanol–water partition coefficient (Wildman–Crippen LogP) is 6.93. The van der Waals surface area contributed by atoms with Gasteiger partial charge in [0.25, 0.3) is 0 Å². The Morgan fingerprint density at radius 1 is 0.846 bits per heavy atom. The van der Waals surface area contributed by atoms with E-state index in [1.807, 2.05) is 84.9 Å². The molecule has 0 bridgehead atoms. The highest BCUT2D eigenvalue weighted by Crippen LogP contribution is 2.42.